The normalized spacial score (nSPS) is 15.8. The number of anilines is 2. The van der Waals surface area contributed by atoms with Crippen LogP contribution in [0.5, 0.6) is 0 Å². The smallest absolute Gasteiger partial charge is 0.227 e. The molecule has 174 valence electrons. The number of aromatic nitrogens is 1. The number of aryl methyl sites for hydroxylation is 1. The summed E-state index contributed by atoms with van der Waals surface area (Å²) in [5.41, 5.74) is 0.838. The molecular weight excluding hydrogens is 529 g/mol. The van der Waals surface area contributed by atoms with E-state index in [-0.39, 0.29) is 48.0 Å². The van der Waals surface area contributed by atoms with Crippen molar-refractivity contribution in [3.63, 3.8) is 0 Å². The molecule has 7 nitrogen and oxygen atoms in total. The summed E-state index contributed by atoms with van der Waals surface area (Å²) < 4.78 is 28.1. The molecule has 10 heteroatoms. The molecule has 1 aromatic heterocycles. The van der Waals surface area contributed by atoms with Gasteiger partial charge in [-0.25, -0.2) is 13.8 Å². The molecule has 32 heavy (non-hydrogen) atoms. The molecule has 3 N–H and O–H groups in total. The summed E-state index contributed by atoms with van der Waals surface area (Å²) in [6.07, 6.45) is 0.932. The van der Waals surface area contributed by atoms with Gasteiger partial charge in [-0.15, -0.1) is 24.0 Å². The van der Waals surface area contributed by atoms with Crippen molar-refractivity contribution in [3.05, 3.63) is 53.7 Å². The van der Waals surface area contributed by atoms with E-state index in [4.69, 9.17) is 0 Å². The lowest BCUT2D eigenvalue weighted by atomic mass is 10.2. The highest BCUT2D eigenvalue weighted by atomic mass is 127. The lowest BCUT2D eigenvalue weighted by Crippen LogP contribution is -2.44. The quantitative estimate of drug-likeness (QED) is 0.276. The van der Waals surface area contributed by atoms with E-state index < -0.39 is 11.6 Å². The number of nitrogens with one attached hydrogen (secondary N) is 3. The molecule has 2 heterocycles. The maximum atomic E-state index is 14.1. The Balaban J connectivity index is 0.00000363. The van der Waals surface area contributed by atoms with Crippen LogP contribution in [0.25, 0.3) is 0 Å². The lowest BCUT2D eigenvalue weighted by Gasteiger charge is -2.21. The highest BCUT2D eigenvalue weighted by Crippen LogP contribution is 2.26. The van der Waals surface area contributed by atoms with Gasteiger partial charge < -0.3 is 20.9 Å². The average Bonchev–Trinajstić information content (AvgIpc) is 3.16. The minimum Gasteiger partial charge on any atom is -0.365 e. The van der Waals surface area contributed by atoms with Crippen LogP contribution < -0.4 is 20.9 Å². The molecule has 1 unspecified atom stereocenters. The van der Waals surface area contributed by atoms with Gasteiger partial charge in [0.1, 0.15) is 23.1 Å². The number of amides is 1. The van der Waals surface area contributed by atoms with Crippen molar-refractivity contribution >= 4 is 47.3 Å². The Hall–Kier alpha value is -2.50. The first-order valence-electron chi connectivity index (χ1n) is 10.4. The number of rotatable bonds is 7. The van der Waals surface area contributed by atoms with Crippen LogP contribution in [0.2, 0.25) is 0 Å². The van der Waals surface area contributed by atoms with Gasteiger partial charge in [0.15, 0.2) is 5.96 Å². The zero-order valence-electron chi connectivity index (χ0n) is 18.2. The average molecular weight is 558 g/mol. The number of pyridine rings is 1. The predicted octanol–water partition coefficient (Wildman–Crippen LogP) is 3.45. The van der Waals surface area contributed by atoms with Gasteiger partial charge in [-0.2, -0.15) is 0 Å². The maximum Gasteiger partial charge on any atom is 0.227 e. The van der Waals surface area contributed by atoms with Crippen LogP contribution in [-0.2, 0) is 4.79 Å². The van der Waals surface area contributed by atoms with Gasteiger partial charge in [-0.05, 0) is 44.5 Å². The zero-order chi connectivity index (χ0) is 22.2. The van der Waals surface area contributed by atoms with E-state index in [0.29, 0.717) is 38.0 Å². The fraction of sp³-hybridized carbons (Fsp3) is 0.409. The van der Waals surface area contributed by atoms with Gasteiger partial charge in [0, 0.05) is 37.8 Å². The molecule has 1 aliphatic heterocycles. The van der Waals surface area contributed by atoms with Gasteiger partial charge in [-0.3, -0.25) is 9.79 Å². The number of hydrogen-bond donors (Lipinski definition) is 3. The van der Waals surface area contributed by atoms with Crippen LogP contribution in [0, 0.1) is 18.6 Å². The third kappa shape index (κ3) is 7.28. The second-order valence-corrected chi connectivity index (χ2v) is 7.37. The van der Waals surface area contributed by atoms with Gasteiger partial charge in [0.2, 0.25) is 5.91 Å². The van der Waals surface area contributed by atoms with Crippen molar-refractivity contribution < 1.29 is 13.6 Å². The van der Waals surface area contributed by atoms with E-state index in [1.54, 1.807) is 11.0 Å². The van der Waals surface area contributed by atoms with Crippen LogP contribution in [0.4, 0.5) is 20.3 Å². The standard InChI is InChI=1S/C22H28F2N6O.HI/c1-3-25-22(26-12-10-20(31)29-19-9-4-6-15(2)27-19)28-16-11-13-30(14-16)21-17(23)7-5-8-18(21)24;/h4-9,16H,3,10-14H2,1-2H3,(H2,25,26,28)(H,27,29,31);1H. The van der Waals surface area contributed by atoms with Crippen molar-refractivity contribution in [2.24, 2.45) is 4.99 Å². The molecule has 0 radical (unpaired) electrons. The first kappa shape index (κ1) is 25.8. The van der Waals surface area contributed by atoms with E-state index in [0.717, 1.165) is 12.1 Å². The molecule has 1 fully saturated rings. The number of aliphatic imine (C=N–C) groups is 1. The Labute approximate surface area is 204 Å². The van der Waals surface area contributed by atoms with Gasteiger partial charge in [-0.1, -0.05) is 12.1 Å². The molecule has 1 atom stereocenters. The number of nitrogens with zero attached hydrogens (tertiary/aromatic N) is 3. The van der Waals surface area contributed by atoms with Crippen LogP contribution in [0.1, 0.15) is 25.5 Å². The molecule has 0 aliphatic carbocycles. The summed E-state index contributed by atoms with van der Waals surface area (Å²) in [7, 11) is 0. The number of hydrogen-bond acceptors (Lipinski definition) is 4. The van der Waals surface area contributed by atoms with Crippen molar-refractivity contribution in [2.75, 3.05) is 36.4 Å². The van der Waals surface area contributed by atoms with E-state index >= 15 is 0 Å². The summed E-state index contributed by atoms with van der Waals surface area (Å²) in [6, 6.07) is 9.32. The van der Waals surface area contributed by atoms with Crippen molar-refractivity contribution in [1.29, 1.82) is 0 Å². The fourth-order valence-electron chi connectivity index (χ4n) is 3.47. The Morgan fingerprint density at radius 3 is 2.62 bits per heavy atom. The lowest BCUT2D eigenvalue weighted by molar-refractivity contribution is -0.116. The number of para-hydroxylation sites is 1. The minimum atomic E-state index is -0.560. The van der Waals surface area contributed by atoms with Crippen molar-refractivity contribution in [2.45, 2.75) is 32.7 Å². The highest BCUT2D eigenvalue weighted by Gasteiger charge is 2.27. The number of guanidine groups is 1. The van der Waals surface area contributed by atoms with E-state index in [1.165, 1.54) is 18.2 Å². The molecule has 0 spiro atoms. The first-order valence-corrected chi connectivity index (χ1v) is 10.4. The Bertz CT molecular complexity index is 922. The second-order valence-electron chi connectivity index (χ2n) is 7.37. The topological polar surface area (TPSA) is 81.6 Å². The van der Waals surface area contributed by atoms with Gasteiger partial charge in [0.25, 0.3) is 0 Å². The molecule has 1 aromatic carbocycles. The van der Waals surface area contributed by atoms with Gasteiger partial charge >= 0.3 is 0 Å². The Morgan fingerprint density at radius 1 is 1.22 bits per heavy atom. The van der Waals surface area contributed by atoms with Crippen molar-refractivity contribution in [3.8, 4) is 0 Å². The van der Waals surface area contributed by atoms with E-state index in [9.17, 15) is 13.6 Å². The van der Waals surface area contributed by atoms with E-state index in [2.05, 4.69) is 25.9 Å². The number of carbonyl (C=O) groups excluding carboxylic acids is 1. The number of halogens is 3. The largest absolute Gasteiger partial charge is 0.365 e. The molecular formula is C22H29F2IN6O. The summed E-state index contributed by atoms with van der Waals surface area (Å²) in [5, 5.41) is 9.20. The minimum absolute atomic E-state index is 0. The Kier molecular flexibility index (Phi) is 10.1. The van der Waals surface area contributed by atoms with E-state index in [1.807, 2.05) is 26.0 Å². The monoisotopic (exact) mass is 558 g/mol. The van der Waals surface area contributed by atoms with Crippen molar-refractivity contribution in [1.82, 2.24) is 15.6 Å². The Morgan fingerprint density at radius 2 is 1.94 bits per heavy atom. The van der Waals surface area contributed by atoms with Crippen LogP contribution >= 0.6 is 24.0 Å². The van der Waals surface area contributed by atoms with Gasteiger partial charge in [0.05, 0.1) is 6.54 Å². The number of benzene rings is 1. The molecule has 3 rings (SSSR count). The third-order valence-corrected chi connectivity index (χ3v) is 4.89. The predicted molar refractivity (Wildman–Crippen MR) is 134 cm³/mol. The molecule has 1 amide bonds. The molecule has 0 bridgehead atoms. The van der Waals surface area contributed by atoms with Crippen LogP contribution in [0.3, 0.4) is 0 Å². The molecule has 0 saturated carbocycles. The summed E-state index contributed by atoms with van der Waals surface area (Å²) in [6.45, 7) is 5.76. The molecule has 2 aromatic rings. The van der Waals surface area contributed by atoms with Crippen LogP contribution in [-0.4, -0.2) is 49.1 Å². The molecule has 1 aliphatic rings. The SMILES string of the molecule is CCNC(=NCCC(=O)Nc1cccc(C)n1)NC1CCN(c2c(F)cccc2F)C1.I. The maximum absolute atomic E-state index is 14.1. The first-order chi connectivity index (χ1) is 15.0. The highest BCUT2D eigenvalue weighted by molar-refractivity contribution is 14.0. The fourth-order valence-corrected chi connectivity index (χ4v) is 3.47. The summed E-state index contributed by atoms with van der Waals surface area (Å²) in [4.78, 5) is 22.5. The van der Waals surface area contributed by atoms with Crippen LogP contribution in [0.15, 0.2) is 41.4 Å². The summed E-state index contributed by atoms with van der Waals surface area (Å²) >= 11 is 0. The third-order valence-electron chi connectivity index (χ3n) is 4.89. The molecule has 1 saturated heterocycles. The summed E-state index contributed by atoms with van der Waals surface area (Å²) in [5.74, 6) is -0.194. The second kappa shape index (κ2) is 12.5. The number of carbonyl (C=O) groups is 1. The zero-order valence-corrected chi connectivity index (χ0v) is 20.5.